The molecule has 1 saturated heterocycles. The van der Waals surface area contributed by atoms with Gasteiger partial charge in [0.05, 0.1) is 27.0 Å². The zero-order valence-corrected chi connectivity index (χ0v) is 16.0. The van der Waals surface area contributed by atoms with Gasteiger partial charge in [0.25, 0.3) is 5.91 Å². The molecule has 136 valence electrons. The fraction of sp³-hybridized carbons (Fsp3) is 0.294. The quantitative estimate of drug-likeness (QED) is 0.777. The van der Waals surface area contributed by atoms with Gasteiger partial charge >= 0.3 is 0 Å². The lowest BCUT2D eigenvalue weighted by atomic mass is 10.1. The number of likely N-dealkylation sites (tertiary alicyclic amines) is 1. The number of nitrogens with zero attached hydrogens (tertiary/aromatic N) is 3. The predicted octanol–water partition coefficient (Wildman–Crippen LogP) is 3.16. The van der Waals surface area contributed by atoms with E-state index in [1.807, 2.05) is 0 Å². The van der Waals surface area contributed by atoms with Crippen LogP contribution in [0, 0.1) is 0 Å². The first-order valence-electron chi connectivity index (χ1n) is 8.11. The van der Waals surface area contributed by atoms with Crippen molar-refractivity contribution in [3.05, 3.63) is 46.1 Å². The van der Waals surface area contributed by atoms with Crippen LogP contribution in [0.25, 0.3) is 0 Å². The van der Waals surface area contributed by atoms with Crippen LogP contribution in [0.2, 0.25) is 10.0 Å². The molecule has 1 unspecified atom stereocenters. The number of aromatic nitrogens is 1. The molecular weight excluding hydrogens is 397 g/mol. The molecule has 0 N–H and O–H groups in total. The lowest BCUT2D eigenvalue weighted by molar-refractivity contribution is 0.0651. The molecular formula is C17H15Cl2N3O3S. The number of carbonyl (C=O) groups excluding carboxylic acids is 1. The zero-order chi connectivity index (χ0) is 18.3. The number of amides is 1. The van der Waals surface area contributed by atoms with Crippen LogP contribution in [0.3, 0.4) is 0 Å². The second kappa shape index (κ2) is 7.06. The van der Waals surface area contributed by atoms with Crippen molar-refractivity contribution in [1.82, 2.24) is 9.88 Å². The summed E-state index contributed by atoms with van der Waals surface area (Å²) in [4.78, 5) is 19.0. The molecule has 1 atom stereocenters. The largest absolute Gasteiger partial charge is 0.474 e. The number of anilines is 1. The Labute approximate surface area is 163 Å². The summed E-state index contributed by atoms with van der Waals surface area (Å²) in [6.07, 6.45) is 2.52. The number of ether oxygens (including phenoxy) is 1. The van der Waals surface area contributed by atoms with Crippen LogP contribution >= 0.6 is 23.2 Å². The maximum Gasteiger partial charge on any atom is 0.255 e. The van der Waals surface area contributed by atoms with Gasteiger partial charge < -0.3 is 9.64 Å². The highest BCUT2D eigenvalue weighted by molar-refractivity contribution is 7.86. The van der Waals surface area contributed by atoms with E-state index in [4.69, 9.17) is 27.9 Å². The maximum absolute atomic E-state index is 13.1. The number of rotatable bonds is 3. The van der Waals surface area contributed by atoms with E-state index in [0.29, 0.717) is 45.2 Å². The Morgan fingerprint density at radius 3 is 2.65 bits per heavy atom. The predicted molar refractivity (Wildman–Crippen MR) is 100 cm³/mol. The first kappa shape index (κ1) is 17.6. The van der Waals surface area contributed by atoms with E-state index in [9.17, 15) is 9.00 Å². The minimum absolute atomic E-state index is 0.0719. The Morgan fingerprint density at radius 1 is 1.15 bits per heavy atom. The Balaban J connectivity index is 1.67. The van der Waals surface area contributed by atoms with Gasteiger partial charge in [-0.25, -0.2) is 9.19 Å². The Morgan fingerprint density at radius 2 is 1.96 bits per heavy atom. The number of carbonyl (C=O) groups is 1. The van der Waals surface area contributed by atoms with Gasteiger partial charge in [0, 0.05) is 19.3 Å². The fourth-order valence-electron chi connectivity index (χ4n) is 2.78. The van der Waals surface area contributed by atoms with Gasteiger partial charge in [0.1, 0.15) is 12.3 Å². The SMILES string of the molecule is O=C(c1cnc2c(c1)N(S(=O)c1ccc(Cl)c(Cl)c1)CCO2)N1CCC1. The normalized spacial score (nSPS) is 17.2. The summed E-state index contributed by atoms with van der Waals surface area (Å²) in [5, 5.41) is 0.740. The number of benzene rings is 1. The molecule has 0 spiro atoms. The van der Waals surface area contributed by atoms with Crippen molar-refractivity contribution in [2.75, 3.05) is 30.5 Å². The topological polar surface area (TPSA) is 62.7 Å². The molecule has 0 bridgehead atoms. The summed E-state index contributed by atoms with van der Waals surface area (Å²) < 4.78 is 20.3. The van der Waals surface area contributed by atoms with E-state index in [0.717, 1.165) is 19.5 Å². The van der Waals surface area contributed by atoms with Gasteiger partial charge in [-0.2, -0.15) is 0 Å². The molecule has 2 aliphatic rings. The van der Waals surface area contributed by atoms with E-state index in [1.165, 1.54) is 6.20 Å². The van der Waals surface area contributed by atoms with Crippen molar-refractivity contribution in [2.45, 2.75) is 11.3 Å². The third-order valence-corrected chi connectivity index (χ3v) is 6.49. The Kier molecular flexibility index (Phi) is 4.77. The van der Waals surface area contributed by atoms with Crippen LogP contribution in [0.4, 0.5) is 5.69 Å². The van der Waals surface area contributed by atoms with E-state index in [-0.39, 0.29) is 5.91 Å². The number of hydrogen-bond acceptors (Lipinski definition) is 4. The van der Waals surface area contributed by atoms with E-state index >= 15 is 0 Å². The molecule has 4 rings (SSSR count). The summed E-state index contributed by atoms with van der Waals surface area (Å²) in [6.45, 7) is 2.27. The molecule has 1 amide bonds. The monoisotopic (exact) mass is 411 g/mol. The van der Waals surface area contributed by atoms with Crippen molar-refractivity contribution >= 4 is 45.8 Å². The van der Waals surface area contributed by atoms with Crippen molar-refractivity contribution in [1.29, 1.82) is 0 Å². The average Bonchev–Trinajstić information content (AvgIpc) is 2.61. The number of fused-ring (bicyclic) bond motifs is 1. The fourth-order valence-corrected chi connectivity index (χ4v) is 4.35. The molecule has 1 aromatic carbocycles. The molecule has 2 aromatic rings. The van der Waals surface area contributed by atoms with Crippen molar-refractivity contribution in [3.8, 4) is 5.88 Å². The minimum atomic E-state index is -1.52. The van der Waals surface area contributed by atoms with E-state index < -0.39 is 11.0 Å². The summed E-state index contributed by atoms with van der Waals surface area (Å²) >= 11 is 12.0. The number of hydrogen-bond donors (Lipinski definition) is 0. The first-order chi connectivity index (χ1) is 12.5. The lowest BCUT2D eigenvalue weighted by Gasteiger charge is -2.32. The summed E-state index contributed by atoms with van der Waals surface area (Å²) in [7, 11) is -1.52. The third kappa shape index (κ3) is 3.15. The second-order valence-corrected chi connectivity index (χ2v) is 8.19. The van der Waals surface area contributed by atoms with Gasteiger partial charge in [-0.1, -0.05) is 23.2 Å². The number of pyridine rings is 1. The van der Waals surface area contributed by atoms with Gasteiger partial charge in [0.2, 0.25) is 5.88 Å². The molecule has 0 saturated carbocycles. The minimum Gasteiger partial charge on any atom is -0.474 e. The van der Waals surface area contributed by atoms with Crippen molar-refractivity contribution in [3.63, 3.8) is 0 Å². The van der Waals surface area contributed by atoms with Crippen LogP contribution in [0.1, 0.15) is 16.8 Å². The highest BCUT2D eigenvalue weighted by Gasteiger charge is 2.28. The molecule has 3 heterocycles. The Bertz CT molecular complexity index is 905. The molecule has 2 aliphatic heterocycles. The summed E-state index contributed by atoms with van der Waals surface area (Å²) in [5.74, 6) is 0.294. The van der Waals surface area contributed by atoms with Crippen LogP contribution < -0.4 is 9.04 Å². The molecule has 0 aliphatic carbocycles. The number of halogens is 2. The van der Waals surface area contributed by atoms with Crippen LogP contribution in [0.5, 0.6) is 5.88 Å². The Hall–Kier alpha value is -1.83. The van der Waals surface area contributed by atoms with Gasteiger partial charge in [-0.3, -0.25) is 9.10 Å². The molecule has 6 nitrogen and oxygen atoms in total. The molecule has 26 heavy (non-hydrogen) atoms. The van der Waals surface area contributed by atoms with Crippen LogP contribution in [-0.4, -0.2) is 46.2 Å². The van der Waals surface area contributed by atoms with Crippen LogP contribution in [-0.2, 0) is 11.0 Å². The highest BCUT2D eigenvalue weighted by atomic mass is 35.5. The second-order valence-electron chi connectivity index (χ2n) is 5.97. The molecule has 0 radical (unpaired) electrons. The van der Waals surface area contributed by atoms with E-state index in [1.54, 1.807) is 33.5 Å². The summed E-state index contributed by atoms with van der Waals surface area (Å²) in [6, 6.07) is 6.55. The smallest absolute Gasteiger partial charge is 0.255 e. The molecule has 1 fully saturated rings. The van der Waals surface area contributed by atoms with Gasteiger partial charge in [-0.15, -0.1) is 0 Å². The third-order valence-electron chi connectivity index (χ3n) is 4.32. The maximum atomic E-state index is 13.1. The molecule has 1 aromatic heterocycles. The van der Waals surface area contributed by atoms with Crippen molar-refractivity contribution < 1.29 is 13.7 Å². The first-order valence-corrected chi connectivity index (χ1v) is 9.97. The zero-order valence-electron chi connectivity index (χ0n) is 13.7. The average molecular weight is 412 g/mol. The lowest BCUT2D eigenvalue weighted by Crippen LogP contribution is -2.42. The molecule has 9 heteroatoms. The van der Waals surface area contributed by atoms with Gasteiger partial charge in [-0.05, 0) is 30.7 Å². The van der Waals surface area contributed by atoms with Crippen molar-refractivity contribution in [2.24, 2.45) is 0 Å². The van der Waals surface area contributed by atoms with Gasteiger partial charge in [0.15, 0.2) is 11.0 Å². The summed E-state index contributed by atoms with van der Waals surface area (Å²) in [5.41, 5.74) is 0.997. The van der Waals surface area contributed by atoms with E-state index in [2.05, 4.69) is 4.98 Å². The highest BCUT2D eigenvalue weighted by Crippen LogP contribution is 2.34. The van der Waals surface area contributed by atoms with Crippen LogP contribution in [0.15, 0.2) is 35.4 Å². The standard InChI is InChI=1S/C17H15Cl2N3O3S/c18-13-3-2-12(9-14(13)19)26(24)22-6-7-25-16-15(22)8-11(10-20-16)17(23)21-4-1-5-21/h2-3,8-10H,1,4-7H2.